The molecular formula is C22H20N8O. The molecule has 2 aliphatic rings. The SMILES string of the molecule is Cc1cc(-c2ccc3c(n2)N(C(=O)Nc2ccc4[nH]ncc4n2)[C@H]2CCN3C2)ccn1. The fourth-order valence-electron chi connectivity index (χ4n) is 4.41. The normalized spacial score (nSPS) is 17.1. The van der Waals surface area contributed by atoms with Crippen molar-refractivity contribution >= 4 is 34.4 Å². The molecule has 6 heterocycles. The fraction of sp³-hybridized carbons (Fsp3) is 0.227. The van der Waals surface area contributed by atoms with Crippen LogP contribution in [0.1, 0.15) is 12.1 Å². The topological polar surface area (TPSA) is 103 Å². The van der Waals surface area contributed by atoms with Crippen molar-refractivity contribution in [2.45, 2.75) is 19.4 Å². The van der Waals surface area contributed by atoms with Crippen LogP contribution in [0.3, 0.4) is 0 Å². The van der Waals surface area contributed by atoms with Gasteiger partial charge in [-0.2, -0.15) is 5.10 Å². The van der Waals surface area contributed by atoms with E-state index in [4.69, 9.17) is 4.98 Å². The number of H-pyrrole nitrogens is 1. The van der Waals surface area contributed by atoms with Crippen molar-refractivity contribution in [2.24, 2.45) is 0 Å². The fourth-order valence-corrected chi connectivity index (χ4v) is 4.41. The Morgan fingerprint density at radius 3 is 3.03 bits per heavy atom. The van der Waals surface area contributed by atoms with Crippen molar-refractivity contribution in [3.63, 3.8) is 0 Å². The van der Waals surface area contributed by atoms with Crippen LogP contribution in [0.2, 0.25) is 0 Å². The largest absolute Gasteiger partial charge is 0.366 e. The lowest BCUT2D eigenvalue weighted by atomic mass is 10.1. The summed E-state index contributed by atoms with van der Waals surface area (Å²) in [5, 5.41) is 9.81. The van der Waals surface area contributed by atoms with Crippen molar-refractivity contribution in [3.8, 4) is 11.3 Å². The van der Waals surface area contributed by atoms with Crippen molar-refractivity contribution in [2.75, 3.05) is 28.2 Å². The number of aryl methyl sites for hydroxylation is 1. The molecule has 0 radical (unpaired) electrons. The van der Waals surface area contributed by atoms with E-state index < -0.39 is 0 Å². The summed E-state index contributed by atoms with van der Waals surface area (Å²) in [6.07, 6.45) is 4.32. The molecule has 154 valence electrons. The zero-order valence-corrected chi connectivity index (χ0v) is 16.9. The summed E-state index contributed by atoms with van der Waals surface area (Å²) in [5.74, 6) is 1.17. The molecule has 4 aromatic rings. The third-order valence-corrected chi connectivity index (χ3v) is 5.89. The predicted octanol–water partition coefficient (Wildman–Crippen LogP) is 3.35. The van der Waals surface area contributed by atoms with Gasteiger partial charge in [-0.15, -0.1) is 0 Å². The number of fused-ring (bicyclic) bond motifs is 5. The van der Waals surface area contributed by atoms with Crippen molar-refractivity contribution in [1.82, 2.24) is 25.1 Å². The first-order valence-electron chi connectivity index (χ1n) is 10.2. The van der Waals surface area contributed by atoms with Gasteiger partial charge in [-0.05, 0) is 49.7 Å². The number of anilines is 3. The summed E-state index contributed by atoms with van der Waals surface area (Å²) in [4.78, 5) is 31.1. The average molecular weight is 412 g/mol. The van der Waals surface area contributed by atoms with E-state index in [1.165, 1.54) is 0 Å². The van der Waals surface area contributed by atoms with Gasteiger partial charge >= 0.3 is 6.03 Å². The smallest absolute Gasteiger partial charge is 0.329 e. The molecule has 31 heavy (non-hydrogen) atoms. The standard InChI is InChI=1S/C22H20N8O/c1-13-10-14(6-8-23-13)16-2-4-19-21(26-16)30(15-7-9-29(19)12-15)22(31)27-20-5-3-17-18(25-20)11-24-28-17/h2-6,8,10-11,15H,7,9,12H2,1H3,(H,24,28)(H,25,27,31)/t15-/m0/s1. The summed E-state index contributed by atoms with van der Waals surface area (Å²) >= 11 is 0. The number of amides is 2. The Bertz CT molecular complexity index is 1320. The Morgan fingerprint density at radius 1 is 1.19 bits per heavy atom. The molecule has 0 unspecified atom stereocenters. The molecule has 9 heteroatoms. The number of aromatic amines is 1. The van der Waals surface area contributed by atoms with Gasteiger partial charge in [-0.1, -0.05) is 0 Å². The van der Waals surface area contributed by atoms with Crippen molar-refractivity contribution < 1.29 is 4.79 Å². The van der Waals surface area contributed by atoms with Crippen LogP contribution >= 0.6 is 0 Å². The molecule has 2 amide bonds. The number of hydrogen-bond acceptors (Lipinski definition) is 6. The van der Waals surface area contributed by atoms with Gasteiger partial charge in [0.05, 0.1) is 29.1 Å². The molecule has 4 aromatic heterocycles. The van der Waals surface area contributed by atoms with E-state index in [9.17, 15) is 4.79 Å². The van der Waals surface area contributed by atoms with E-state index in [0.717, 1.165) is 47.7 Å². The minimum Gasteiger partial charge on any atom is -0.366 e. The van der Waals surface area contributed by atoms with Crippen LogP contribution in [0.5, 0.6) is 0 Å². The van der Waals surface area contributed by atoms with E-state index in [-0.39, 0.29) is 12.1 Å². The van der Waals surface area contributed by atoms with Crippen LogP contribution in [0.15, 0.2) is 48.8 Å². The molecule has 2 N–H and O–H groups in total. The van der Waals surface area contributed by atoms with Crippen LogP contribution in [-0.4, -0.2) is 50.3 Å². The highest BCUT2D eigenvalue weighted by Crippen LogP contribution is 2.40. The van der Waals surface area contributed by atoms with Gasteiger partial charge in [0, 0.05) is 30.5 Å². The number of aromatic nitrogens is 5. The number of hydrogen-bond donors (Lipinski definition) is 2. The second kappa shape index (κ2) is 6.76. The summed E-state index contributed by atoms with van der Waals surface area (Å²) in [5.41, 5.74) is 5.25. The van der Waals surface area contributed by atoms with E-state index in [1.807, 2.05) is 31.2 Å². The van der Waals surface area contributed by atoms with Crippen LogP contribution in [0.25, 0.3) is 22.3 Å². The van der Waals surface area contributed by atoms with Gasteiger partial charge in [0.25, 0.3) is 0 Å². The van der Waals surface area contributed by atoms with Crippen LogP contribution in [0.4, 0.5) is 22.1 Å². The first-order chi connectivity index (χ1) is 15.2. The maximum absolute atomic E-state index is 13.4. The van der Waals surface area contributed by atoms with Crippen LogP contribution < -0.4 is 15.1 Å². The maximum Gasteiger partial charge on any atom is 0.329 e. The van der Waals surface area contributed by atoms with Gasteiger partial charge in [0.1, 0.15) is 11.3 Å². The van der Waals surface area contributed by atoms with Crippen LogP contribution in [-0.2, 0) is 0 Å². The molecule has 0 aromatic carbocycles. The zero-order chi connectivity index (χ0) is 20.9. The molecule has 2 bridgehead atoms. The Kier molecular flexibility index (Phi) is 3.89. The molecule has 0 spiro atoms. The maximum atomic E-state index is 13.4. The molecule has 1 fully saturated rings. The first-order valence-corrected chi connectivity index (χ1v) is 10.2. The molecule has 0 saturated carbocycles. The van der Waals surface area contributed by atoms with Gasteiger partial charge in [0.15, 0.2) is 5.82 Å². The monoisotopic (exact) mass is 412 g/mol. The molecule has 1 atom stereocenters. The Hall–Kier alpha value is -4.01. The highest BCUT2D eigenvalue weighted by molar-refractivity contribution is 6.04. The van der Waals surface area contributed by atoms with Gasteiger partial charge in [-0.25, -0.2) is 14.8 Å². The average Bonchev–Trinajstić information content (AvgIpc) is 3.41. The molecule has 2 aliphatic heterocycles. The lowest BCUT2D eigenvalue weighted by Crippen LogP contribution is -2.48. The van der Waals surface area contributed by atoms with E-state index in [1.54, 1.807) is 23.4 Å². The van der Waals surface area contributed by atoms with Gasteiger partial charge in [-0.3, -0.25) is 20.3 Å². The number of nitrogens with zero attached hydrogens (tertiary/aromatic N) is 6. The second-order valence-corrected chi connectivity index (χ2v) is 7.91. The number of urea groups is 1. The van der Waals surface area contributed by atoms with Crippen molar-refractivity contribution in [1.29, 1.82) is 0 Å². The van der Waals surface area contributed by atoms with E-state index in [2.05, 4.69) is 36.4 Å². The molecule has 1 saturated heterocycles. The van der Waals surface area contributed by atoms with E-state index >= 15 is 0 Å². The van der Waals surface area contributed by atoms with E-state index in [0.29, 0.717) is 17.2 Å². The number of carbonyl (C=O) groups excluding carboxylic acids is 1. The second-order valence-electron chi connectivity index (χ2n) is 7.91. The third-order valence-electron chi connectivity index (χ3n) is 5.89. The first kappa shape index (κ1) is 17.8. The number of carbonyl (C=O) groups is 1. The molecule has 6 rings (SSSR count). The minimum atomic E-state index is -0.223. The molecule has 0 aliphatic carbocycles. The predicted molar refractivity (Wildman–Crippen MR) is 118 cm³/mol. The lowest BCUT2D eigenvalue weighted by Gasteiger charge is -2.35. The number of rotatable bonds is 2. The zero-order valence-electron chi connectivity index (χ0n) is 16.9. The third kappa shape index (κ3) is 2.97. The highest BCUT2D eigenvalue weighted by atomic mass is 16.2. The summed E-state index contributed by atoms with van der Waals surface area (Å²) in [7, 11) is 0. The lowest BCUT2D eigenvalue weighted by molar-refractivity contribution is 0.254. The van der Waals surface area contributed by atoms with Gasteiger partial charge in [0.2, 0.25) is 0 Å². The molecular weight excluding hydrogens is 392 g/mol. The number of nitrogens with one attached hydrogen (secondary N) is 2. The summed E-state index contributed by atoms with van der Waals surface area (Å²) in [6.45, 7) is 3.68. The highest BCUT2D eigenvalue weighted by Gasteiger charge is 2.40. The Balaban J connectivity index is 1.38. The van der Waals surface area contributed by atoms with Crippen LogP contribution in [0, 0.1) is 6.92 Å². The molecule has 9 nitrogen and oxygen atoms in total. The summed E-state index contributed by atoms with van der Waals surface area (Å²) in [6, 6.07) is 11.5. The minimum absolute atomic E-state index is 0.0760. The summed E-state index contributed by atoms with van der Waals surface area (Å²) < 4.78 is 0. The Labute approximate surface area is 178 Å². The quantitative estimate of drug-likeness (QED) is 0.523. The Morgan fingerprint density at radius 2 is 2.13 bits per heavy atom. The van der Waals surface area contributed by atoms with Gasteiger partial charge < -0.3 is 4.90 Å². The number of pyridine rings is 3. The van der Waals surface area contributed by atoms with Crippen molar-refractivity contribution in [3.05, 3.63) is 54.5 Å².